The van der Waals surface area contributed by atoms with E-state index in [9.17, 15) is 4.79 Å². The number of hydrogen-bond acceptors (Lipinski definition) is 3. The normalized spacial score (nSPS) is 11.5. The summed E-state index contributed by atoms with van der Waals surface area (Å²) < 4.78 is 0. The highest BCUT2D eigenvalue weighted by atomic mass is 16.1. The predicted octanol–water partition coefficient (Wildman–Crippen LogP) is 2.37. The molecule has 0 spiro atoms. The highest BCUT2D eigenvalue weighted by molar-refractivity contribution is 5.89. The van der Waals surface area contributed by atoms with Crippen molar-refractivity contribution < 1.29 is 4.79 Å². The topological polar surface area (TPSA) is 53.5 Å². The van der Waals surface area contributed by atoms with Gasteiger partial charge in [0.2, 0.25) is 5.91 Å². The summed E-state index contributed by atoms with van der Waals surface area (Å²) in [5.41, 5.74) is 4.75. The number of rotatable bonds is 3. The van der Waals surface area contributed by atoms with E-state index in [1.165, 1.54) is 6.92 Å². The zero-order chi connectivity index (χ0) is 12.9. The Balaban J connectivity index is 2.59. The molecule has 0 aliphatic carbocycles. The maximum atomic E-state index is 10.8. The van der Waals surface area contributed by atoms with Gasteiger partial charge >= 0.3 is 0 Å². The third-order valence-electron chi connectivity index (χ3n) is 1.84. The number of benzene rings is 1. The Bertz CT molecular complexity index is 402. The van der Waals surface area contributed by atoms with Gasteiger partial charge in [-0.25, -0.2) is 0 Å². The predicted molar refractivity (Wildman–Crippen MR) is 71.2 cm³/mol. The number of hydrogen-bond donors (Lipinski definition) is 2. The molecule has 1 amide bonds. The molecule has 0 aliphatic heterocycles. The summed E-state index contributed by atoms with van der Waals surface area (Å²) >= 11 is 0. The van der Waals surface area contributed by atoms with Crippen LogP contribution in [-0.4, -0.2) is 17.7 Å². The average molecular weight is 233 g/mol. The Morgan fingerprint density at radius 2 is 1.82 bits per heavy atom. The van der Waals surface area contributed by atoms with Crippen molar-refractivity contribution in [2.45, 2.75) is 33.2 Å². The van der Waals surface area contributed by atoms with Crippen LogP contribution in [0.15, 0.2) is 29.4 Å². The zero-order valence-electron chi connectivity index (χ0n) is 10.7. The van der Waals surface area contributed by atoms with Crippen molar-refractivity contribution in [2.75, 3.05) is 5.32 Å². The molecule has 4 heteroatoms. The zero-order valence-corrected chi connectivity index (χ0v) is 10.7. The van der Waals surface area contributed by atoms with E-state index in [1.807, 2.05) is 45.0 Å². The van der Waals surface area contributed by atoms with Crippen LogP contribution in [0.3, 0.4) is 0 Å². The number of carbonyl (C=O) groups excluding carboxylic acids is 1. The van der Waals surface area contributed by atoms with Crippen LogP contribution >= 0.6 is 0 Å². The van der Waals surface area contributed by atoms with E-state index in [0.29, 0.717) is 0 Å². The molecule has 0 bridgehead atoms. The van der Waals surface area contributed by atoms with Crippen LogP contribution in [0.2, 0.25) is 0 Å². The van der Waals surface area contributed by atoms with Gasteiger partial charge in [-0.3, -0.25) is 4.79 Å². The van der Waals surface area contributed by atoms with Crippen LogP contribution in [0, 0.1) is 0 Å². The minimum absolute atomic E-state index is 0.0351. The fourth-order valence-corrected chi connectivity index (χ4v) is 1.16. The molecule has 92 valence electrons. The second-order valence-corrected chi connectivity index (χ2v) is 4.92. The molecule has 0 unspecified atom stereocenters. The average Bonchev–Trinajstić information content (AvgIpc) is 2.18. The smallest absolute Gasteiger partial charge is 0.221 e. The highest BCUT2D eigenvalue weighted by Crippen LogP contribution is 2.08. The van der Waals surface area contributed by atoms with Crippen LogP contribution in [0.1, 0.15) is 33.3 Å². The van der Waals surface area contributed by atoms with E-state index >= 15 is 0 Å². The second-order valence-electron chi connectivity index (χ2n) is 4.92. The van der Waals surface area contributed by atoms with E-state index in [4.69, 9.17) is 0 Å². The molecule has 0 atom stereocenters. The van der Waals surface area contributed by atoms with Crippen molar-refractivity contribution in [1.29, 1.82) is 0 Å². The van der Waals surface area contributed by atoms with Crippen molar-refractivity contribution in [3.63, 3.8) is 0 Å². The van der Waals surface area contributed by atoms with Gasteiger partial charge in [0.05, 0.1) is 6.21 Å². The Morgan fingerprint density at radius 3 is 2.29 bits per heavy atom. The SMILES string of the molecule is CC(=O)Nc1ccc(/C=N/NC(C)(C)C)cc1. The van der Waals surface area contributed by atoms with Crippen LogP contribution in [0.5, 0.6) is 0 Å². The first kappa shape index (κ1) is 13.2. The summed E-state index contributed by atoms with van der Waals surface area (Å²) in [6.07, 6.45) is 1.75. The van der Waals surface area contributed by atoms with Crippen molar-refractivity contribution in [1.82, 2.24) is 5.43 Å². The molecule has 0 radical (unpaired) electrons. The summed E-state index contributed by atoms with van der Waals surface area (Å²) in [6.45, 7) is 7.63. The lowest BCUT2D eigenvalue weighted by atomic mass is 10.1. The van der Waals surface area contributed by atoms with Crippen LogP contribution in [-0.2, 0) is 4.79 Å². The van der Waals surface area contributed by atoms with E-state index in [0.717, 1.165) is 11.3 Å². The number of nitrogens with zero attached hydrogens (tertiary/aromatic N) is 1. The molecule has 2 N–H and O–H groups in total. The lowest BCUT2D eigenvalue weighted by Crippen LogP contribution is -2.31. The molecule has 0 heterocycles. The Hall–Kier alpha value is -1.84. The standard InChI is InChI=1S/C13H19N3O/c1-10(17)15-12-7-5-11(6-8-12)9-14-16-13(2,3)4/h5-9,16H,1-4H3,(H,15,17)/b14-9+. The fourth-order valence-electron chi connectivity index (χ4n) is 1.16. The largest absolute Gasteiger partial charge is 0.326 e. The van der Waals surface area contributed by atoms with Gasteiger partial charge in [0.15, 0.2) is 0 Å². The molecule has 0 saturated heterocycles. The van der Waals surface area contributed by atoms with Crippen molar-refractivity contribution in [2.24, 2.45) is 5.10 Å². The van der Waals surface area contributed by atoms with Crippen molar-refractivity contribution >= 4 is 17.8 Å². The quantitative estimate of drug-likeness (QED) is 0.622. The summed E-state index contributed by atoms with van der Waals surface area (Å²) in [5, 5.41) is 6.85. The third kappa shape index (κ3) is 5.70. The van der Waals surface area contributed by atoms with Gasteiger partial charge in [-0.15, -0.1) is 0 Å². The molecule has 4 nitrogen and oxygen atoms in total. The minimum atomic E-state index is -0.0687. The molecular formula is C13H19N3O. The number of amides is 1. The van der Waals surface area contributed by atoms with E-state index < -0.39 is 0 Å². The Kier molecular flexibility index (Phi) is 4.26. The molecule has 0 fully saturated rings. The van der Waals surface area contributed by atoms with Crippen LogP contribution in [0.25, 0.3) is 0 Å². The van der Waals surface area contributed by atoms with Gasteiger partial charge in [0, 0.05) is 18.2 Å². The van der Waals surface area contributed by atoms with Crippen LogP contribution in [0.4, 0.5) is 5.69 Å². The van der Waals surface area contributed by atoms with Gasteiger partial charge in [0.25, 0.3) is 0 Å². The first-order chi connectivity index (χ1) is 7.87. The third-order valence-corrected chi connectivity index (χ3v) is 1.84. The summed E-state index contributed by atoms with van der Waals surface area (Å²) in [6, 6.07) is 7.50. The van der Waals surface area contributed by atoms with Crippen LogP contribution < -0.4 is 10.7 Å². The van der Waals surface area contributed by atoms with Gasteiger partial charge in [0.1, 0.15) is 0 Å². The summed E-state index contributed by atoms with van der Waals surface area (Å²) in [4.78, 5) is 10.8. The number of carbonyl (C=O) groups is 1. The first-order valence-electron chi connectivity index (χ1n) is 5.55. The molecule has 0 saturated carbocycles. The van der Waals surface area contributed by atoms with E-state index in [2.05, 4.69) is 15.8 Å². The molecule has 0 aromatic heterocycles. The van der Waals surface area contributed by atoms with Gasteiger partial charge in [-0.2, -0.15) is 5.10 Å². The monoisotopic (exact) mass is 233 g/mol. The summed E-state index contributed by atoms with van der Waals surface area (Å²) in [7, 11) is 0. The van der Waals surface area contributed by atoms with Gasteiger partial charge < -0.3 is 10.7 Å². The van der Waals surface area contributed by atoms with E-state index in [1.54, 1.807) is 6.21 Å². The van der Waals surface area contributed by atoms with Crippen molar-refractivity contribution in [3.8, 4) is 0 Å². The Labute approximate surface area is 102 Å². The molecule has 17 heavy (non-hydrogen) atoms. The lowest BCUT2D eigenvalue weighted by Gasteiger charge is -2.16. The number of nitrogens with one attached hydrogen (secondary N) is 2. The number of anilines is 1. The fraction of sp³-hybridized carbons (Fsp3) is 0.385. The Morgan fingerprint density at radius 1 is 1.24 bits per heavy atom. The van der Waals surface area contributed by atoms with E-state index in [-0.39, 0.29) is 11.4 Å². The minimum Gasteiger partial charge on any atom is -0.326 e. The maximum absolute atomic E-state index is 10.8. The molecule has 1 rings (SSSR count). The van der Waals surface area contributed by atoms with Crippen molar-refractivity contribution in [3.05, 3.63) is 29.8 Å². The second kappa shape index (κ2) is 5.48. The highest BCUT2D eigenvalue weighted by Gasteiger charge is 2.05. The maximum Gasteiger partial charge on any atom is 0.221 e. The summed E-state index contributed by atoms with van der Waals surface area (Å²) in [5.74, 6) is -0.0687. The first-order valence-corrected chi connectivity index (χ1v) is 5.55. The molecule has 0 aliphatic rings. The number of hydrazone groups is 1. The van der Waals surface area contributed by atoms with Gasteiger partial charge in [-0.1, -0.05) is 12.1 Å². The molecular weight excluding hydrogens is 214 g/mol. The molecule has 1 aromatic rings. The van der Waals surface area contributed by atoms with Gasteiger partial charge in [-0.05, 0) is 38.5 Å². The lowest BCUT2D eigenvalue weighted by molar-refractivity contribution is -0.114. The molecule has 1 aromatic carbocycles.